The second kappa shape index (κ2) is 7.82. The highest BCUT2D eigenvalue weighted by Crippen LogP contribution is 2.18. The molecule has 0 heterocycles. The van der Waals surface area contributed by atoms with Crippen molar-refractivity contribution in [1.82, 2.24) is 5.43 Å². The van der Waals surface area contributed by atoms with Gasteiger partial charge in [-0.25, -0.2) is 5.84 Å². The normalized spacial score (nSPS) is 10.1. The van der Waals surface area contributed by atoms with Gasteiger partial charge in [0.1, 0.15) is 12.4 Å². The number of hydrazine groups is 1. The molecule has 0 aliphatic rings. The van der Waals surface area contributed by atoms with Crippen LogP contribution in [0.1, 0.15) is 15.9 Å². The first-order valence-electron chi connectivity index (χ1n) is 6.84. The topological polar surface area (TPSA) is 76.4 Å². The van der Waals surface area contributed by atoms with E-state index in [1.807, 2.05) is 43.3 Å². The predicted molar refractivity (Wildman–Crippen MR) is 91.0 cm³/mol. The van der Waals surface area contributed by atoms with Crippen molar-refractivity contribution in [2.75, 3.05) is 18.5 Å². The first-order valence-corrected chi connectivity index (χ1v) is 7.63. The standard InChI is InChI=1S/C16H18BrN3O2/c1-11-2-7-15(14(10-11)16(21)20-18)19-8-9-22-13-5-3-12(17)4-6-13/h2-7,10,19H,8-9,18H2,1H3,(H,20,21). The van der Waals surface area contributed by atoms with E-state index >= 15 is 0 Å². The molecule has 5 nitrogen and oxygen atoms in total. The number of halogens is 1. The molecule has 116 valence electrons. The Morgan fingerprint density at radius 3 is 2.64 bits per heavy atom. The maximum atomic E-state index is 11.8. The molecule has 2 aromatic carbocycles. The summed E-state index contributed by atoms with van der Waals surface area (Å²) in [6.45, 7) is 2.98. The third-order valence-electron chi connectivity index (χ3n) is 3.05. The van der Waals surface area contributed by atoms with Crippen LogP contribution in [0.4, 0.5) is 5.69 Å². The van der Waals surface area contributed by atoms with Crippen molar-refractivity contribution < 1.29 is 9.53 Å². The van der Waals surface area contributed by atoms with E-state index in [9.17, 15) is 4.79 Å². The van der Waals surface area contributed by atoms with Crippen LogP contribution < -0.4 is 21.3 Å². The number of amides is 1. The van der Waals surface area contributed by atoms with Gasteiger partial charge in [-0.2, -0.15) is 0 Å². The van der Waals surface area contributed by atoms with E-state index in [-0.39, 0.29) is 5.91 Å². The molecular weight excluding hydrogens is 346 g/mol. The van der Waals surface area contributed by atoms with E-state index in [1.54, 1.807) is 6.07 Å². The van der Waals surface area contributed by atoms with Gasteiger partial charge in [0.25, 0.3) is 5.91 Å². The average molecular weight is 364 g/mol. The number of benzene rings is 2. The van der Waals surface area contributed by atoms with Crippen molar-refractivity contribution >= 4 is 27.5 Å². The molecule has 2 aromatic rings. The Morgan fingerprint density at radius 2 is 1.95 bits per heavy atom. The number of carbonyl (C=O) groups excluding carboxylic acids is 1. The van der Waals surface area contributed by atoms with Gasteiger partial charge >= 0.3 is 0 Å². The van der Waals surface area contributed by atoms with Crippen molar-refractivity contribution in [2.45, 2.75) is 6.92 Å². The molecule has 6 heteroatoms. The monoisotopic (exact) mass is 363 g/mol. The number of nitrogens with one attached hydrogen (secondary N) is 2. The minimum Gasteiger partial charge on any atom is -0.492 e. The lowest BCUT2D eigenvalue weighted by atomic mass is 10.1. The van der Waals surface area contributed by atoms with Crippen molar-refractivity contribution in [2.24, 2.45) is 5.84 Å². The Bertz CT molecular complexity index is 644. The van der Waals surface area contributed by atoms with Crippen LogP contribution in [-0.2, 0) is 0 Å². The molecule has 0 unspecified atom stereocenters. The van der Waals surface area contributed by atoms with Crippen molar-refractivity contribution in [3.8, 4) is 5.75 Å². The Hall–Kier alpha value is -2.05. The maximum absolute atomic E-state index is 11.8. The fraction of sp³-hybridized carbons (Fsp3) is 0.188. The molecule has 0 bridgehead atoms. The molecule has 0 radical (unpaired) electrons. The second-order valence-electron chi connectivity index (χ2n) is 4.75. The minimum absolute atomic E-state index is 0.319. The molecule has 2 rings (SSSR count). The summed E-state index contributed by atoms with van der Waals surface area (Å²) in [5, 5.41) is 3.19. The van der Waals surface area contributed by atoms with Crippen LogP contribution in [0.2, 0.25) is 0 Å². The zero-order valence-electron chi connectivity index (χ0n) is 12.2. The van der Waals surface area contributed by atoms with E-state index in [0.717, 1.165) is 21.5 Å². The van der Waals surface area contributed by atoms with Crippen LogP contribution in [0.25, 0.3) is 0 Å². The lowest BCUT2D eigenvalue weighted by Crippen LogP contribution is -2.31. The Balaban J connectivity index is 1.91. The minimum atomic E-state index is -0.319. The van der Waals surface area contributed by atoms with Crippen LogP contribution in [0.3, 0.4) is 0 Å². The predicted octanol–water partition coefficient (Wildman–Crippen LogP) is 2.85. The summed E-state index contributed by atoms with van der Waals surface area (Å²) in [5.41, 5.74) is 4.40. The van der Waals surface area contributed by atoms with Gasteiger partial charge in [-0.3, -0.25) is 10.2 Å². The second-order valence-corrected chi connectivity index (χ2v) is 5.67. The van der Waals surface area contributed by atoms with Gasteiger partial charge in [0.2, 0.25) is 0 Å². The van der Waals surface area contributed by atoms with Gasteiger partial charge in [-0.1, -0.05) is 27.6 Å². The molecule has 0 saturated heterocycles. The lowest BCUT2D eigenvalue weighted by molar-refractivity contribution is 0.0954. The summed E-state index contributed by atoms with van der Waals surface area (Å²) >= 11 is 3.38. The number of anilines is 1. The van der Waals surface area contributed by atoms with Gasteiger partial charge in [0.05, 0.1) is 5.56 Å². The molecule has 0 spiro atoms. The largest absolute Gasteiger partial charge is 0.492 e. The fourth-order valence-corrected chi connectivity index (χ4v) is 2.23. The van der Waals surface area contributed by atoms with Crippen molar-refractivity contribution in [3.05, 3.63) is 58.1 Å². The molecular formula is C16H18BrN3O2. The molecule has 0 aliphatic heterocycles. The number of ether oxygens (including phenoxy) is 1. The van der Waals surface area contributed by atoms with Crippen molar-refractivity contribution in [1.29, 1.82) is 0 Å². The van der Waals surface area contributed by atoms with E-state index in [4.69, 9.17) is 10.6 Å². The summed E-state index contributed by atoms with van der Waals surface area (Å²) in [7, 11) is 0. The SMILES string of the molecule is Cc1ccc(NCCOc2ccc(Br)cc2)c(C(=O)NN)c1. The first kappa shape index (κ1) is 16.3. The molecule has 0 atom stereocenters. The van der Waals surface area contributed by atoms with Crippen LogP contribution in [-0.4, -0.2) is 19.1 Å². The highest BCUT2D eigenvalue weighted by Gasteiger charge is 2.10. The zero-order valence-corrected chi connectivity index (χ0v) is 13.8. The van der Waals surface area contributed by atoms with Gasteiger partial charge in [-0.15, -0.1) is 0 Å². The highest BCUT2D eigenvalue weighted by atomic mass is 79.9. The number of hydrogen-bond acceptors (Lipinski definition) is 4. The van der Waals surface area contributed by atoms with E-state index in [1.165, 1.54) is 0 Å². The van der Waals surface area contributed by atoms with E-state index in [0.29, 0.717) is 18.7 Å². The Morgan fingerprint density at radius 1 is 1.23 bits per heavy atom. The van der Waals surface area contributed by atoms with Gasteiger partial charge in [0.15, 0.2) is 0 Å². The Labute approximate surface area is 138 Å². The Kier molecular flexibility index (Phi) is 5.80. The third-order valence-corrected chi connectivity index (χ3v) is 3.58. The van der Waals surface area contributed by atoms with Crippen LogP contribution in [0.5, 0.6) is 5.75 Å². The average Bonchev–Trinajstić information content (AvgIpc) is 2.53. The summed E-state index contributed by atoms with van der Waals surface area (Å²) in [4.78, 5) is 11.8. The van der Waals surface area contributed by atoms with Gasteiger partial charge in [0, 0.05) is 16.7 Å². The van der Waals surface area contributed by atoms with Crippen LogP contribution in [0, 0.1) is 6.92 Å². The molecule has 0 saturated carbocycles. The maximum Gasteiger partial charge on any atom is 0.267 e. The van der Waals surface area contributed by atoms with Gasteiger partial charge in [-0.05, 0) is 43.3 Å². The highest BCUT2D eigenvalue weighted by molar-refractivity contribution is 9.10. The number of nitrogen functional groups attached to an aromatic ring is 1. The molecule has 0 aromatic heterocycles. The van der Waals surface area contributed by atoms with E-state index < -0.39 is 0 Å². The summed E-state index contributed by atoms with van der Waals surface area (Å²) in [6, 6.07) is 13.2. The molecule has 0 aliphatic carbocycles. The number of aryl methyl sites for hydroxylation is 1. The summed E-state index contributed by atoms with van der Waals surface area (Å²) in [5.74, 6) is 5.69. The van der Waals surface area contributed by atoms with Crippen LogP contribution in [0.15, 0.2) is 46.9 Å². The molecule has 0 fully saturated rings. The number of rotatable bonds is 6. The van der Waals surface area contributed by atoms with Crippen LogP contribution >= 0.6 is 15.9 Å². The number of hydrogen-bond donors (Lipinski definition) is 3. The zero-order chi connectivity index (χ0) is 15.9. The van der Waals surface area contributed by atoms with Crippen molar-refractivity contribution in [3.63, 3.8) is 0 Å². The summed E-state index contributed by atoms with van der Waals surface area (Å²) < 4.78 is 6.63. The molecule has 1 amide bonds. The van der Waals surface area contributed by atoms with Gasteiger partial charge < -0.3 is 10.1 Å². The van der Waals surface area contributed by atoms with E-state index in [2.05, 4.69) is 26.7 Å². The molecule has 4 N–H and O–H groups in total. The number of nitrogens with two attached hydrogens (primary N) is 1. The number of carbonyl (C=O) groups is 1. The quantitative estimate of drug-likeness (QED) is 0.319. The first-order chi connectivity index (χ1) is 10.6. The fourth-order valence-electron chi connectivity index (χ4n) is 1.96. The smallest absolute Gasteiger partial charge is 0.267 e. The lowest BCUT2D eigenvalue weighted by Gasteiger charge is -2.12. The molecule has 22 heavy (non-hydrogen) atoms. The third kappa shape index (κ3) is 4.47. The summed E-state index contributed by atoms with van der Waals surface area (Å²) in [6.07, 6.45) is 0.